The van der Waals surface area contributed by atoms with Gasteiger partial charge in [-0.1, -0.05) is 54.2 Å². The second-order valence-electron chi connectivity index (χ2n) is 5.77. The number of hydrogen-bond donors (Lipinski definition) is 3. The molecule has 3 N–H and O–H groups in total. The molecule has 0 radical (unpaired) electrons. The highest BCUT2D eigenvalue weighted by Crippen LogP contribution is 2.32. The highest BCUT2D eigenvalue weighted by molar-refractivity contribution is 8.00. The Labute approximate surface area is 172 Å². The number of nitro groups is 1. The van der Waals surface area contributed by atoms with Gasteiger partial charge < -0.3 is 0 Å². The minimum absolute atomic E-state index is 0.110. The standard InChI is InChI=1S/C18H14N6O5S/c25-15(21-19-10-12-8-4-5-9-13(12)24(28)29)14(11-6-2-1-3-7-11)30-17-16(26)20-18(27)23-22-17/h1-10,14H,(H,21,25)(H2,20,23,26,27)/b19-10-. The molecule has 0 spiro atoms. The molecule has 3 aromatic rings. The van der Waals surface area contributed by atoms with Crippen LogP contribution < -0.4 is 16.7 Å². The highest BCUT2D eigenvalue weighted by Gasteiger charge is 2.24. The summed E-state index contributed by atoms with van der Waals surface area (Å²) in [6.45, 7) is 0. The normalized spacial score (nSPS) is 11.9. The van der Waals surface area contributed by atoms with E-state index in [1.165, 1.54) is 18.2 Å². The number of carbonyl (C=O) groups is 1. The number of amides is 1. The van der Waals surface area contributed by atoms with Crippen molar-refractivity contribution in [2.45, 2.75) is 10.3 Å². The summed E-state index contributed by atoms with van der Waals surface area (Å²) in [6, 6.07) is 14.5. The number of rotatable bonds is 7. The van der Waals surface area contributed by atoms with Crippen molar-refractivity contribution in [1.82, 2.24) is 20.6 Å². The average Bonchev–Trinajstić information content (AvgIpc) is 2.74. The van der Waals surface area contributed by atoms with Gasteiger partial charge in [-0.3, -0.25) is 24.7 Å². The SMILES string of the molecule is O=C(N/N=C\c1ccccc1[N+](=O)[O-])C(Sc1n[nH]c(=O)[nH]c1=O)c1ccccc1. The van der Waals surface area contributed by atoms with Gasteiger partial charge in [0.25, 0.3) is 17.2 Å². The topological polar surface area (TPSA) is 163 Å². The zero-order valence-electron chi connectivity index (χ0n) is 15.1. The van der Waals surface area contributed by atoms with E-state index in [4.69, 9.17) is 0 Å². The zero-order valence-corrected chi connectivity index (χ0v) is 16.0. The fraction of sp³-hybridized carbons (Fsp3) is 0.0556. The maximum Gasteiger partial charge on any atom is 0.342 e. The number of carbonyl (C=O) groups excluding carboxylic acids is 1. The number of aromatic amines is 2. The molecule has 0 bridgehead atoms. The molecular formula is C18H14N6O5S. The summed E-state index contributed by atoms with van der Waals surface area (Å²) in [5, 5.41) is 19.6. The number of thioether (sulfide) groups is 1. The van der Waals surface area contributed by atoms with Crippen LogP contribution in [0.25, 0.3) is 0 Å². The molecule has 1 aromatic heterocycles. The first-order valence-corrected chi connectivity index (χ1v) is 9.30. The molecule has 1 heterocycles. The average molecular weight is 426 g/mol. The Balaban J connectivity index is 1.83. The van der Waals surface area contributed by atoms with Crippen LogP contribution in [0.15, 0.2) is 74.3 Å². The largest absolute Gasteiger partial charge is 0.342 e. The fourth-order valence-corrected chi connectivity index (χ4v) is 3.35. The van der Waals surface area contributed by atoms with Gasteiger partial charge in [-0.2, -0.15) is 10.2 Å². The van der Waals surface area contributed by atoms with E-state index in [-0.39, 0.29) is 16.3 Å². The van der Waals surface area contributed by atoms with Crippen LogP contribution in [-0.2, 0) is 4.79 Å². The summed E-state index contributed by atoms with van der Waals surface area (Å²) < 4.78 is 0. The summed E-state index contributed by atoms with van der Waals surface area (Å²) in [5.74, 6) is -0.589. The molecule has 0 fully saturated rings. The Morgan fingerprint density at radius 1 is 1.17 bits per heavy atom. The van der Waals surface area contributed by atoms with Crippen molar-refractivity contribution < 1.29 is 9.72 Å². The summed E-state index contributed by atoms with van der Waals surface area (Å²) in [5.41, 5.74) is 1.44. The van der Waals surface area contributed by atoms with Gasteiger partial charge >= 0.3 is 5.69 Å². The lowest BCUT2D eigenvalue weighted by Crippen LogP contribution is -2.28. The third kappa shape index (κ3) is 5.05. The van der Waals surface area contributed by atoms with Crippen LogP contribution in [0.5, 0.6) is 0 Å². The molecule has 1 unspecified atom stereocenters. The zero-order chi connectivity index (χ0) is 21.5. The number of hydrazone groups is 1. The maximum absolute atomic E-state index is 12.7. The van der Waals surface area contributed by atoms with Crippen molar-refractivity contribution >= 4 is 29.6 Å². The number of aromatic nitrogens is 3. The predicted octanol–water partition coefficient (Wildman–Crippen LogP) is 1.35. The summed E-state index contributed by atoms with van der Waals surface area (Å²) in [6.07, 6.45) is 1.16. The van der Waals surface area contributed by atoms with Crippen molar-refractivity contribution in [1.29, 1.82) is 0 Å². The van der Waals surface area contributed by atoms with Crippen molar-refractivity contribution in [3.63, 3.8) is 0 Å². The number of H-pyrrole nitrogens is 2. The van der Waals surface area contributed by atoms with Crippen LogP contribution in [0.2, 0.25) is 0 Å². The second kappa shape index (κ2) is 9.43. The Morgan fingerprint density at radius 3 is 2.57 bits per heavy atom. The van der Waals surface area contributed by atoms with Gasteiger partial charge in [0.1, 0.15) is 5.25 Å². The molecule has 0 aliphatic heterocycles. The molecule has 0 saturated carbocycles. The van der Waals surface area contributed by atoms with Gasteiger partial charge in [-0.15, -0.1) is 0 Å². The number of nitro benzene ring substituents is 1. The van der Waals surface area contributed by atoms with Crippen molar-refractivity contribution in [2.24, 2.45) is 5.10 Å². The van der Waals surface area contributed by atoms with E-state index in [0.717, 1.165) is 18.0 Å². The van der Waals surface area contributed by atoms with Gasteiger partial charge in [0.05, 0.1) is 16.7 Å². The minimum atomic E-state index is -0.923. The number of hydrogen-bond acceptors (Lipinski definition) is 8. The lowest BCUT2D eigenvalue weighted by Gasteiger charge is -2.14. The van der Waals surface area contributed by atoms with E-state index in [9.17, 15) is 24.5 Å². The van der Waals surface area contributed by atoms with E-state index in [0.29, 0.717) is 5.56 Å². The third-order valence-corrected chi connectivity index (χ3v) is 4.98. The molecule has 3 rings (SSSR count). The molecular weight excluding hydrogens is 412 g/mol. The summed E-state index contributed by atoms with van der Waals surface area (Å²) in [7, 11) is 0. The molecule has 12 heteroatoms. The Kier molecular flexibility index (Phi) is 6.49. The molecule has 2 aromatic carbocycles. The Bertz CT molecular complexity index is 1210. The van der Waals surface area contributed by atoms with E-state index in [2.05, 4.69) is 20.7 Å². The molecule has 0 saturated heterocycles. The van der Waals surface area contributed by atoms with Crippen LogP contribution >= 0.6 is 11.8 Å². The lowest BCUT2D eigenvalue weighted by molar-refractivity contribution is -0.385. The first kappa shape index (κ1) is 20.7. The van der Waals surface area contributed by atoms with Gasteiger partial charge in [0, 0.05) is 6.07 Å². The monoisotopic (exact) mass is 426 g/mol. The predicted molar refractivity (Wildman–Crippen MR) is 109 cm³/mol. The van der Waals surface area contributed by atoms with Crippen molar-refractivity contribution in [3.8, 4) is 0 Å². The van der Waals surface area contributed by atoms with Gasteiger partial charge in [0.2, 0.25) is 0 Å². The van der Waals surface area contributed by atoms with Gasteiger partial charge in [-0.05, 0) is 11.6 Å². The van der Waals surface area contributed by atoms with Gasteiger partial charge in [-0.25, -0.2) is 15.3 Å². The molecule has 0 aliphatic carbocycles. The summed E-state index contributed by atoms with van der Waals surface area (Å²) in [4.78, 5) is 48.4. The number of nitrogens with zero attached hydrogens (tertiary/aromatic N) is 3. The maximum atomic E-state index is 12.7. The highest BCUT2D eigenvalue weighted by atomic mass is 32.2. The lowest BCUT2D eigenvalue weighted by atomic mass is 10.1. The number of nitrogens with one attached hydrogen (secondary N) is 3. The molecule has 1 amide bonds. The smallest absolute Gasteiger partial charge is 0.271 e. The van der Waals surface area contributed by atoms with Crippen LogP contribution in [0.1, 0.15) is 16.4 Å². The second-order valence-corrected chi connectivity index (χ2v) is 6.86. The fourth-order valence-electron chi connectivity index (χ4n) is 2.42. The number of para-hydroxylation sites is 1. The van der Waals surface area contributed by atoms with Crippen molar-refractivity contribution in [3.05, 3.63) is 96.7 Å². The molecule has 0 aliphatic rings. The van der Waals surface area contributed by atoms with Crippen LogP contribution in [-0.4, -0.2) is 32.2 Å². The summed E-state index contributed by atoms with van der Waals surface area (Å²) >= 11 is 0.820. The van der Waals surface area contributed by atoms with Crippen LogP contribution in [0.3, 0.4) is 0 Å². The van der Waals surface area contributed by atoms with E-state index >= 15 is 0 Å². The van der Waals surface area contributed by atoms with E-state index in [1.54, 1.807) is 36.4 Å². The molecule has 152 valence electrons. The van der Waals surface area contributed by atoms with Crippen molar-refractivity contribution in [2.75, 3.05) is 0 Å². The quantitative estimate of drug-likeness (QED) is 0.222. The Morgan fingerprint density at radius 2 is 1.87 bits per heavy atom. The van der Waals surface area contributed by atoms with E-state index < -0.39 is 27.3 Å². The van der Waals surface area contributed by atoms with Crippen LogP contribution in [0, 0.1) is 10.1 Å². The first-order valence-electron chi connectivity index (χ1n) is 8.42. The first-order chi connectivity index (χ1) is 14.5. The third-order valence-electron chi connectivity index (χ3n) is 3.76. The number of benzene rings is 2. The van der Waals surface area contributed by atoms with E-state index in [1.807, 2.05) is 4.98 Å². The van der Waals surface area contributed by atoms with Crippen LogP contribution in [0.4, 0.5) is 5.69 Å². The van der Waals surface area contributed by atoms with Gasteiger partial charge in [0.15, 0.2) is 5.03 Å². The molecule has 1 atom stereocenters. The Hall–Kier alpha value is -4.06. The molecule has 11 nitrogen and oxygen atoms in total. The minimum Gasteiger partial charge on any atom is -0.271 e. The molecule has 30 heavy (non-hydrogen) atoms.